The summed E-state index contributed by atoms with van der Waals surface area (Å²) in [7, 11) is -3.05. The fourth-order valence-corrected chi connectivity index (χ4v) is 8.72. The molecule has 1 aliphatic heterocycles. The Kier molecular flexibility index (Phi) is 7.04. The second-order valence-corrected chi connectivity index (χ2v) is 12.3. The van der Waals surface area contributed by atoms with Crippen molar-refractivity contribution in [2.45, 2.75) is 17.7 Å². The second-order valence-electron chi connectivity index (χ2n) is 7.19. The minimum Gasteiger partial charge on any atom is -0.309 e. The Morgan fingerprint density at radius 1 is 0.767 bits per heavy atom. The third kappa shape index (κ3) is 4.54. The van der Waals surface area contributed by atoms with Crippen LogP contribution in [0, 0.1) is 0 Å². The molecule has 0 radical (unpaired) electrons. The third-order valence-corrected chi connectivity index (χ3v) is 10.7. The Bertz CT molecular complexity index is 1020. The number of benzene rings is 3. The molecule has 0 aliphatic carbocycles. The van der Waals surface area contributed by atoms with Gasteiger partial charge in [0.15, 0.2) is 7.14 Å². The molecule has 30 heavy (non-hydrogen) atoms. The summed E-state index contributed by atoms with van der Waals surface area (Å²) in [5.41, 5.74) is 1.39. The molecule has 3 aromatic rings. The highest BCUT2D eigenvalue weighted by Gasteiger charge is 2.34. The molecule has 4 heteroatoms. The summed E-state index contributed by atoms with van der Waals surface area (Å²) in [6.45, 7) is 4.50. The van der Waals surface area contributed by atoms with Crippen LogP contribution in [0.5, 0.6) is 0 Å². The summed E-state index contributed by atoms with van der Waals surface area (Å²) in [6.07, 6.45) is 2.06. The zero-order valence-electron chi connectivity index (χ0n) is 16.9. The van der Waals surface area contributed by atoms with E-state index in [4.69, 9.17) is 0 Å². The Morgan fingerprint density at radius 3 is 1.73 bits per heavy atom. The lowest BCUT2D eigenvalue weighted by atomic mass is 10.1. The highest BCUT2D eigenvalue weighted by atomic mass is 32.2. The molecular weight excluding hydrogens is 423 g/mol. The van der Waals surface area contributed by atoms with Crippen LogP contribution in [0.2, 0.25) is 0 Å². The van der Waals surface area contributed by atoms with Gasteiger partial charge in [-0.15, -0.1) is 0 Å². The minimum atomic E-state index is -3.05. The van der Waals surface area contributed by atoms with Gasteiger partial charge >= 0.3 is 0 Å². The Labute approximate surface area is 188 Å². The topological polar surface area (TPSA) is 17.1 Å². The minimum absolute atomic E-state index is 0.760. The molecule has 0 amide bonds. The molecule has 0 unspecified atom stereocenters. The largest absolute Gasteiger partial charge is 0.309 e. The van der Waals surface area contributed by atoms with Crippen LogP contribution < -0.4 is 10.6 Å². The standard InChI is InChI=1S/C26H25OPS2/c1-21(26(22-17-19-29-20-18-22)30-25-15-9-4-10-16-25)28(27,23-11-5-2-6-12-23)24-13-7-3-8-14-24/h2-16H,1,17-20H2. The SMILES string of the molecule is C=C(C(Sc1ccccc1)=C1CCSCC1)P(=O)(c1ccccc1)c1ccccc1. The Hall–Kier alpha value is -1.93. The molecule has 4 rings (SSSR count). The average molecular weight is 449 g/mol. The number of allylic oxidation sites excluding steroid dienone is 2. The van der Waals surface area contributed by atoms with Gasteiger partial charge in [-0.3, -0.25) is 0 Å². The van der Waals surface area contributed by atoms with Crippen molar-refractivity contribution >= 4 is 41.3 Å². The van der Waals surface area contributed by atoms with Crippen LogP contribution in [0.3, 0.4) is 0 Å². The lowest BCUT2D eigenvalue weighted by Gasteiger charge is -2.27. The molecule has 3 aromatic carbocycles. The van der Waals surface area contributed by atoms with E-state index < -0.39 is 7.14 Å². The molecule has 1 nitrogen and oxygen atoms in total. The molecule has 152 valence electrons. The Balaban J connectivity index is 1.86. The predicted octanol–water partition coefficient (Wildman–Crippen LogP) is 7.09. The molecular formula is C26H25OPS2. The van der Waals surface area contributed by atoms with E-state index >= 15 is 0 Å². The summed E-state index contributed by atoms with van der Waals surface area (Å²) < 4.78 is 14.8. The highest BCUT2D eigenvalue weighted by Crippen LogP contribution is 2.58. The molecule has 0 aromatic heterocycles. The lowest BCUT2D eigenvalue weighted by Crippen LogP contribution is -2.18. The number of hydrogen-bond donors (Lipinski definition) is 0. The second kappa shape index (κ2) is 9.92. The molecule has 0 N–H and O–H groups in total. The third-order valence-electron chi connectivity index (χ3n) is 5.26. The highest BCUT2D eigenvalue weighted by molar-refractivity contribution is 8.04. The fraction of sp³-hybridized carbons (Fsp3) is 0.154. The van der Waals surface area contributed by atoms with Gasteiger partial charge in [-0.2, -0.15) is 11.8 Å². The molecule has 0 spiro atoms. The molecule has 1 saturated heterocycles. The van der Waals surface area contributed by atoms with E-state index in [2.05, 4.69) is 30.8 Å². The predicted molar refractivity (Wildman–Crippen MR) is 135 cm³/mol. The van der Waals surface area contributed by atoms with E-state index in [1.165, 1.54) is 5.57 Å². The van der Waals surface area contributed by atoms with Crippen molar-refractivity contribution in [1.29, 1.82) is 0 Å². The summed E-state index contributed by atoms with van der Waals surface area (Å²) in [5, 5.41) is 2.45. The van der Waals surface area contributed by atoms with E-state index in [1.807, 2.05) is 78.5 Å². The van der Waals surface area contributed by atoms with E-state index in [9.17, 15) is 4.57 Å². The van der Waals surface area contributed by atoms with E-state index in [-0.39, 0.29) is 0 Å². The van der Waals surface area contributed by atoms with Gasteiger partial charge in [0.25, 0.3) is 0 Å². The zero-order valence-corrected chi connectivity index (χ0v) is 19.4. The van der Waals surface area contributed by atoms with Gasteiger partial charge < -0.3 is 4.57 Å². The van der Waals surface area contributed by atoms with Gasteiger partial charge in [0.1, 0.15) is 0 Å². The first kappa shape index (κ1) is 21.3. The van der Waals surface area contributed by atoms with E-state index in [0.29, 0.717) is 0 Å². The van der Waals surface area contributed by atoms with Crippen molar-refractivity contribution in [3.8, 4) is 0 Å². The maximum atomic E-state index is 14.8. The van der Waals surface area contributed by atoms with Crippen molar-refractivity contribution in [3.05, 3.63) is 113 Å². The summed E-state index contributed by atoms with van der Waals surface area (Å²) in [4.78, 5) is 2.27. The molecule has 0 atom stereocenters. The van der Waals surface area contributed by atoms with Gasteiger partial charge in [-0.1, -0.05) is 103 Å². The first-order valence-corrected chi connectivity index (χ1v) is 13.8. The summed E-state index contributed by atoms with van der Waals surface area (Å²) >= 11 is 3.71. The van der Waals surface area contributed by atoms with Crippen molar-refractivity contribution in [1.82, 2.24) is 0 Å². The molecule has 1 fully saturated rings. The lowest BCUT2D eigenvalue weighted by molar-refractivity contribution is 0.591. The van der Waals surface area contributed by atoms with Crippen LogP contribution in [0.15, 0.2) is 118 Å². The quantitative estimate of drug-likeness (QED) is 0.296. The van der Waals surface area contributed by atoms with Crippen LogP contribution in [0.25, 0.3) is 0 Å². The molecule has 0 bridgehead atoms. The van der Waals surface area contributed by atoms with Gasteiger partial charge in [-0.25, -0.2) is 0 Å². The number of rotatable bonds is 6. The van der Waals surface area contributed by atoms with Crippen molar-refractivity contribution < 1.29 is 4.57 Å². The van der Waals surface area contributed by atoms with Gasteiger partial charge in [0.05, 0.1) is 0 Å². The maximum absolute atomic E-state index is 14.8. The van der Waals surface area contributed by atoms with Crippen molar-refractivity contribution in [3.63, 3.8) is 0 Å². The average Bonchev–Trinajstić information content (AvgIpc) is 2.84. The number of hydrogen-bond acceptors (Lipinski definition) is 3. The molecule has 1 aliphatic rings. The molecule has 0 saturated carbocycles. The van der Waals surface area contributed by atoms with Gasteiger partial charge in [0.2, 0.25) is 0 Å². The van der Waals surface area contributed by atoms with E-state index in [0.717, 1.165) is 50.1 Å². The van der Waals surface area contributed by atoms with Crippen LogP contribution in [0.1, 0.15) is 12.8 Å². The van der Waals surface area contributed by atoms with Crippen LogP contribution in [-0.2, 0) is 4.57 Å². The summed E-state index contributed by atoms with van der Waals surface area (Å²) in [6, 6.07) is 30.1. The first-order chi connectivity index (χ1) is 14.7. The summed E-state index contributed by atoms with van der Waals surface area (Å²) in [5.74, 6) is 2.23. The van der Waals surface area contributed by atoms with Gasteiger partial charge in [0, 0.05) is 25.7 Å². The monoisotopic (exact) mass is 448 g/mol. The maximum Gasteiger partial charge on any atom is 0.171 e. The van der Waals surface area contributed by atoms with Crippen LogP contribution in [0.4, 0.5) is 0 Å². The van der Waals surface area contributed by atoms with E-state index in [1.54, 1.807) is 11.8 Å². The van der Waals surface area contributed by atoms with Crippen LogP contribution >= 0.6 is 30.7 Å². The molecule has 1 heterocycles. The number of thioether (sulfide) groups is 2. The normalized spacial score (nSPS) is 14.3. The van der Waals surface area contributed by atoms with Crippen molar-refractivity contribution in [2.24, 2.45) is 0 Å². The Morgan fingerprint density at radius 2 is 1.23 bits per heavy atom. The van der Waals surface area contributed by atoms with Gasteiger partial charge in [-0.05, 0) is 36.5 Å². The zero-order chi connectivity index (χ0) is 20.8. The smallest absolute Gasteiger partial charge is 0.171 e. The first-order valence-electron chi connectivity index (χ1n) is 10.1. The fourth-order valence-electron chi connectivity index (χ4n) is 3.67. The van der Waals surface area contributed by atoms with Crippen molar-refractivity contribution in [2.75, 3.05) is 11.5 Å². The van der Waals surface area contributed by atoms with Crippen LogP contribution in [-0.4, -0.2) is 11.5 Å².